The molecule has 0 aromatic heterocycles. The van der Waals surface area contributed by atoms with Crippen molar-refractivity contribution < 1.29 is 38.7 Å². The van der Waals surface area contributed by atoms with E-state index in [9.17, 15) is 9.90 Å². The van der Waals surface area contributed by atoms with Crippen LogP contribution in [-0.4, -0.2) is 64.6 Å². The molecule has 3 heterocycles. The highest BCUT2D eigenvalue weighted by Gasteiger charge is 2.66. The first-order chi connectivity index (χ1) is 10.0. The van der Waals surface area contributed by atoms with Crippen molar-refractivity contribution >= 4 is 5.97 Å². The first-order valence-electron chi connectivity index (χ1n) is 7.29. The Morgan fingerprint density at radius 3 is 2.32 bits per heavy atom. The number of rotatable bonds is 3. The zero-order valence-corrected chi connectivity index (χ0v) is 13.1. The second-order valence-electron chi connectivity index (χ2n) is 6.91. The van der Waals surface area contributed by atoms with E-state index in [1.807, 2.05) is 0 Å². The average Bonchev–Trinajstić information content (AvgIpc) is 2.91. The van der Waals surface area contributed by atoms with E-state index in [0.717, 1.165) is 0 Å². The van der Waals surface area contributed by atoms with E-state index in [1.165, 1.54) is 0 Å². The third kappa shape index (κ3) is 2.64. The van der Waals surface area contributed by atoms with Gasteiger partial charge in [0.15, 0.2) is 17.9 Å². The Morgan fingerprint density at radius 1 is 1.09 bits per heavy atom. The normalized spacial score (nSPS) is 45.9. The lowest BCUT2D eigenvalue weighted by Crippen LogP contribution is -2.55. The minimum absolute atomic E-state index is 0.197. The summed E-state index contributed by atoms with van der Waals surface area (Å²) in [5.41, 5.74) is -1.75. The first kappa shape index (κ1) is 16.1. The number of aliphatic hydroxyl groups is 1. The molecule has 0 spiro atoms. The second-order valence-corrected chi connectivity index (χ2v) is 6.91. The van der Waals surface area contributed by atoms with Gasteiger partial charge < -0.3 is 33.9 Å². The number of fused-ring (bicyclic) bond motifs is 1. The maximum atomic E-state index is 11.2. The molecular weight excluding hydrogens is 296 g/mol. The fraction of sp³-hybridized carbons (Fsp3) is 0.929. The van der Waals surface area contributed by atoms with Gasteiger partial charge in [0, 0.05) is 0 Å². The van der Waals surface area contributed by atoms with Gasteiger partial charge in [-0.05, 0) is 27.7 Å². The number of carboxylic acid groups (broad SMARTS) is 1. The number of hydrogen-bond acceptors (Lipinski definition) is 7. The van der Waals surface area contributed by atoms with Gasteiger partial charge in [0.05, 0.1) is 13.0 Å². The van der Waals surface area contributed by atoms with Gasteiger partial charge in [-0.15, -0.1) is 0 Å². The molecule has 126 valence electrons. The van der Waals surface area contributed by atoms with Crippen molar-refractivity contribution in [3.63, 3.8) is 0 Å². The molecule has 3 rings (SSSR count). The van der Waals surface area contributed by atoms with Crippen LogP contribution in [-0.2, 0) is 28.5 Å². The molecule has 0 saturated carbocycles. The molecule has 0 aromatic rings. The minimum Gasteiger partial charge on any atom is -0.481 e. The summed E-state index contributed by atoms with van der Waals surface area (Å²) in [5.74, 6) is -2.90. The fourth-order valence-electron chi connectivity index (χ4n) is 3.31. The molecule has 3 saturated heterocycles. The SMILES string of the molecule is CC1(C)OC[C@H]([C@H]2O[C@@H]3OC(C)(C)O[C@@H]3[C@]2(O)CC(=O)O)O1. The van der Waals surface area contributed by atoms with Crippen molar-refractivity contribution in [2.75, 3.05) is 6.61 Å². The third-order valence-electron chi connectivity index (χ3n) is 4.13. The topological polar surface area (TPSA) is 104 Å². The number of ether oxygens (including phenoxy) is 5. The largest absolute Gasteiger partial charge is 0.481 e. The summed E-state index contributed by atoms with van der Waals surface area (Å²) >= 11 is 0. The molecule has 0 bridgehead atoms. The molecule has 0 amide bonds. The minimum atomic E-state index is -1.75. The molecule has 5 atom stereocenters. The third-order valence-corrected chi connectivity index (χ3v) is 4.13. The molecule has 2 N–H and O–H groups in total. The van der Waals surface area contributed by atoms with Crippen molar-refractivity contribution in [3.05, 3.63) is 0 Å². The van der Waals surface area contributed by atoms with Gasteiger partial charge >= 0.3 is 5.97 Å². The number of hydrogen-bond donors (Lipinski definition) is 2. The van der Waals surface area contributed by atoms with Crippen LogP contribution in [0.25, 0.3) is 0 Å². The van der Waals surface area contributed by atoms with Crippen molar-refractivity contribution in [1.29, 1.82) is 0 Å². The zero-order chi connectivity index (χ0) is 16.3. The van der Waals surface area contributed by atoms with E-state index < -0.39 is 54.2 Å². The summed E-state index contributed by atoms with van der Waals surface area (Å²) < 4.78 is 28.2. The highest BCUT2D eigenvalue weighted by atomic mass is 16.8. The van der Waals surface area contributed by atoms with Crippen LogP contribution < -0.4 is 0 Å². The Hall–Kier alpha value is -0.770. The van der Waals surface area contributed by atoms with Gasteiger partial charge in [0.25, 0.3) is 0 Å². The molecule has 8 heteroatoms. The van der Waals surface area contributed by atoms with Crippen molar-refractivity contribution in [2.24, 2.45) is 0 Å². The van der Waals surface area contributed by atoms with Crippen molar-refractivity contribution in [2.45, 2.75) is 75.9 Å². The van der Waals surface area contributed by atoms with E-state index >= 15 is 0 Å². The molecule has 0 aromatic carbocycles. The Labute approximate surface area is 128 Å². The summed E-state index contributed by atoms with van der Waals surface area (Å²) in [7, 11) is 0. The molecule has 3 aliphatic rings. The standard InChI is InChI=1S/C14H22O8/c1-12(2)18-6-7(20-12)9-14(17,5-8(15)16)10-11(19-9)22-13(3,4)21-10/h7,9-11,17H,5-6H2,1-4H3,(H,15,16)/t7-,9-,10+,11-,14+/m1/s1. The fourth-order valence-corrected chi connectivity index (χ4v) is 3.31. The molecular formula is C14H22O8. The second kappa shape index (κ2) is 4.86. The molecule has 0 aliphatic carbocycles. The summed E-state index contributed by atoms with van der Waals surface area (Å²) in [6.45, 7) is 7.05. The molecule has 3 aliphatic heterocycles. The van der Waals surface area contributed by atoms with Crippen LogP contribution in [0.3, 0.4) is 0 Å². The van der Waals surface area contributed by atoms with Gasteiger partial charge in [-0.3, -0.25) is 4.79 Å². The van der Waals surface area contributed by atoms with Crippen LogP contribution in [0.1, 0.15) is 34.1 Å². The van der Waals surface area contributed by atoms with E-state index in [-0.39, 0.29) is 6.61 Å². The van der Waals surface area contributed by atoms with Crippen LogP contribution >= 0.6 is 0 Å². The number of carboxylic acids is 1. The number of carbonyl (C=O) groups is 1. The van der Waals surface area contributed by atoms with Gasteiger partial charge in [-0.2, -0.15) is 0 Å². The van der Waals surface area contributed by atoms with Crippen molar-refractivity contribution in [1.82, 2.24) is 0 Å². The smallest absolute Gasteiger partial charge is 0.306 e. The van der Waals surface area contributed by atoms with Gasteiger partial charge in [0.1, 0.15) is 23.9 Å². The van der Waals surface area contributed by atoms with E-state index in [1.54, 1.807) is 27.7 Å². The lowest BCUT2D eigenvalue weighted by molar-refractivity contribution is -0.249. The van der Waals surface area contributed by atoms with Crippen LogP contribution in [0.15, 0.2) is 0 Å². The molecule has 22 heavy (non-hydrogen) atoms. The van der Waals surface area contributed by atoms with Gasteiger partial charge in [-0.25, -0.2) is 0 Å². The zero-order valence-electron chi connectivity index (χ0n) is 13.1. The van der Waals surface area contributed by atoms with Crippen LogP contribution in [0, 0.1) is 0 Å². The maximum absolute atomic E-state index is 11.2. The van der Waals surface area contributed by atoms with Crippen LogP contribution in [0.4, 0.5) is 0 Å². The lowest BCUT2D eigenvalue weighted by Gasteiger charge is -2.34. The molecule has 3 fully saturated rings. The Kier molecular flexibility index (Phi) is 3.56. The van der Waals surface area contributed by atoms with E-state index in [0.29, 0.717) is 0 Å². The van der Waals surface area contributed by atoms with Crippen LogP contribution in [0.2, 0.25) is 0 Å². The lowest BCUT2D eigenvalue weighted by atomic mass is 9.86. The predicted molar refractivity (Wildman–Crippen MR) is 70.8 cm³/mol. The number of aliphatic carboxylic acids is 1. The quantitative estimate of drug-likeness (QED) is 0.761. The molecule has 0 radical (unpaired) electrons. The monoisotopic (exact) mass is 318 g/mol. The van der Waals surface area contributed by atoms with Gasteiger partial charge in [-0.1, -0.05) is 0 Å². The first-order valence-corrected chi connectivity index (χ1v) is 7.29. The summed E-state index contributed by atoms with van der Waals surface area (Å²) in [6, 6.07) is 0. The van der Waals surface area contributed by atoms with Crippen molar-refractivity contribution in [3.8, 4) is 0 Å². The highest BCUT2D eigenvalue weighted by Crippen LogP contribution is 2.47. The summed E-state index contributed by atoms with van der Waals surface area (Å²) in [5, 5.41) is 20.2. The van der Waals surface area contributed by atoms with E-state index in [4.69, 9.17) is 28.8 Å². The Balaban J connectivity index is 1.86. The Morgan fingerprint density at radius 2 is 1.77 bits per heavy atom. The van der Waals surface area contributed by atoms with Crippen LogP contribution in [0.5, 0.6) is 0 Å². The maximum Gasteiger partial charge on any atom is 0.306 e. The van der Waals surface area contributed by atoms with E-state index in [2.05, 4.69) is 0 Å². The predicted octanol–water partition coefficient (Wildman–Crippen LogP) is 0.220. The average molecular weight is 318 g/mol. The summed E-state index contributed by atoms with van der Waals surface area (Å²) in [6.07, 6.45) is -3.76. The molecule has 8 nitrogen and oxygen atoms in total. The summed E-state index contributed by atoms with van der Waals surface area (Å²) in [4.78, 5) is 11.2. The Bertz CT molecular complexity index is 475. The highest BCUT2D eigenvalue weighted by molar-refractivity contribution is 5.68. The van der Waals surface area contributed by atoms with Gasteiger partial charge in [0.2, 0.25) is 0 Å². The molecule has 0 unspecified atom stereocenters.